The highest BCUT2D eigenvalue weighted by atomic mass is 35.5. The first-order valence-corrected chi connectivity index (χ1v) is 14.3. The maximum Gasteiger partial charge on any atom is 0.145 e. The molecule has 37 heavy (non-hydrogen) atoms. The minimum absolute atomic E-state index is 0.237. The van der Waals surface area contributed by atoms with Crippen molar-refractivity contribution in [1.82, 2.24) is 0 Å². The second-order valence-electron chi connectivity index (χ2n) is 10.8. The van der Waals surface area contributed by atoms with Crippen LogP contribution in [0.4, 0.5) is 13.2 Å². The van der Waals surface area contributed by atoms with Crippen molar-refractivity contribution in [2.45, 2.75) is 84.0 Å². The van der Waals surface area contributed by atoms with Crippen molar-refractivity contribution in [3.8, 4) is 0 Å². The topological polar surface area (TPSA) is 0 Å². The molecular formula is C33H38ClF3. The maximum absolute atomic E-state index is 14.7. The second-order valence-corrected chi connectivity index (χ2v) is 11.2. The molecule has 4 rings (SSSR count). The van der Waals surface area contributed by atoms with Crippen LogP contribution in [-0.2, 0) is 32.1 Å². The van der Waals surface area contributed by atoms with Gasteiger partial charge in [-0.05, 0) is 103 Å². The SMILES string of the molecule is CCCc1ccc(CC[C@H]2CC[C@H](CCc3ccc(CCc4cc(F)c(Cl)c(F)c4)c(F)c3)CC2)cc1. The quantitative estimate of drug-likeness (QED) is 0.218. The zero-order valence-electron chi connectivity index (χ0n) is 21.8. The molecule has 3 aromatic rings. The minimum Gasteiger partial charge on any atom is -0.207 e. The van der Waals surface area contributed by atoms with Crippen LogP contribution in [0.3, 0.4) is 0 Å². The number of rotatable bonds is 11. The predicted octanol–water partition coefficient (Wildman–Crippen LogP) is 9.87. The van der Waals surface area contributed by atoms with Crippen molar-refractivity contribution >= 4 is 11.6 Å². The third-order valence-corrected chi connectivity index (χ3v) is 8.42. The number of benzene rings is 3. The van der Waals surface area contributed by atoms with Crippen LogP contribution < -0.4 is 0 Å². The summed E-state index contributed by atoms with van der Waals surface area (Å²) < 4.78 is 42.0. The smallest absolute Gasteiger partial charge is 0.145 e. The first-order chi connectivity index (χ1) is 17.9. The Bertz CT molecular complexity index is 1120. The molecule has 0 nitrogen and oxygen atoms in total. The van der Waals surface area contributed by atoms with Gasteiger partial charge in [-0.1, -0.05) is 87.0 Å². The molecule has 3 aromatic carbocycles. The Morgan fingerprint density at radius 2 is 1.08 bits per heavy atom. The summed E-state index contributed by atoms with van der Waals surface area (Å²) in [5, 5.41) is -0.499. The molecule has 0 aliphatic heterocycles. The summed E-state index contributed by atoms with van der Waals surface area (Å²) in [5.74, 6) is -0.246. The summed E-state index contributed by atoms with van der Waals surface area (Å²) in [7, 11) is 0. The van der Waals surface area contributed by atoms with Crippen LogP contribution in [0.25, 0.3) is 0 Å². The van der Waals surface area contributed by atoms with Gasteiger partial charge in [-0.3, -0.25) is 0 Å². The molecule has 4 heteroatoms. The van der Waals surface area contributed by atoms with E-state index in [9.17, 15) is 13.2 Å². The van der Waals surface area contributed by atoms with E-state index in [0.717, 1.165) is 36.7 Å². The molecule has 0 spiro atoms. The van der Waals surface area contributed by atoms with Gasteiger partial charge < -0.3 is 0 Å². The number of hydrogen-bond donors (Lipinski definition) is 0. The van der Waals surface area contributed by atoms with E-state index in [2.05, 4.69) is 31.2 Å². The van der Waals surface area contributed by atoms with E-state index >= 15 is 0 Å². The summed E-state index contributed by atoms with van der Waals surface area (Å²) in [6, 6.07) is 17.1. The van der Waals surface area contributed by atoms with Crippen LogP contribution in [0.5, 0.6) is 0 Å². The van der Waals surface area contributed by atoms with Gasteiger partial charge in [-0.2, -0.15) is 0 Å². The van der Waals surface area contributed by atoms with Crippen molar-refractivity contribution in [2.24, 2.45) is 11.8 Å². The number of hydrogen-bond acceptors (Lipinski definition) is 0. The van der Waals surface area contributed by atoms with Crippen molar-refractivity contribution < 1.29 is 13.2 Å². The Kier molecular flexibility index (Phi) is 10.1. The molecule has 0 saturated heterocycles. The highest BCUT2D eigenvalue weighted by Crippen LogP contribution is 2.34. The molecule has 0 radical (unpaired) electrons. The highest BCUT2D eigenvalue weighted by molar-refractivity contribution is 6.30. The van der Waals surface area contributed by atoms with Gasteiger partial charge in [0, 0.05) is 0 Å². The van der Waals surface area contributed by atoms with Crippen LogP contribution in [0.2, 0.25) is 5.02 Å². The third-order valence-electron chi connectivity index (χ3n) is 8.05. The maximum atomic E-state index is 14.7. The average molecular weight is 527 g/mol. The van der Waals surface area contributed by atoms with E-state index in [4.69, 9.17) is 11.6 Å². The van der Waals surface area contributed by atoms with Gasteiger partial charge in [0.1, 0.15) is 22.5 Å². The van der Waals surface area contributed by atoms with E-state index in [0.29, 0.717) is 24.0 Å². The fourth-order valence-electron chi connectivity index (χ4n) is 5.69. The zero-order valence-corrected chi connectivity index (χ0v) is 22.6. The van der Waals surface area contributed by atoms with Crippen LogP contribution in [0.1, 0.15) is 79.7 Å². The lowest BCUT2D eigenvalue weighted by atomic mass is 9.77. The van der Waals surface area contributed by atoms with Crippen LogP contribution in [-0.4, -0.2) is 0 Å². The van der Waals surface area contributed by atoms with Gasteiger partial charge in [-0.25, -0.2) is 13.2 Å². The summed E-state index contributed by atoms with van der Waals surface area (Å²) >= 11 is 5.54. The van der Waals surface area contributed by atoms with Crippen LogP contribution in [0.15, 0.2) is 54.6 Å². The Hall–Kier alpha value is -2.26. The molecule has 1 aliphatic carbocycles. The summed E-state index contributed by atoms with van der Waals surface area (Å²) in [6.07, 6.45) is 12.7. The molecule has 0 heterocycles. The molecule has 0 aromatic heterocycles. The molecule has 1 saturated carbocycles. The Morgan fingerprint density at radius 3 is 1.62 bits per heavy atom. The van der Waals surface area contributed by atoms with Gasteiger partial charge >= 0.3 is 0 Å². The van der Waals surface area contributed by atoms with Gasteiger partial charge in [0.2, 0.25) is 0 Å². The fourth-order valence-corrected chi connectivity index (χ4v) is 5.80. The normalized spacial score (nSPS) is 17.8. The molecule has 0 N–H and O–H groups in total. The van der Waals surface area contributed by atoms with E-state index in [-0.39, 0.29) is 5.82 Å². The van der Waals surface area contributed by atoms with Crippen molar-refractivity contribution in [3.63, 3.8) is 0 Å². The van der Waals surface area contributed by atoms with E-state index in [1.807, 2.05) is 12.1 Å². The molecule has 1 fully saturated rings. The van der Waals surface area contributed by atoms with Gasteiger partial charge in [0.15, 0.2) is 0 Å². The Labute approximate surface area is 225 Å². The molecule has 198 valence electrons. The van der Waals surface area contributed by atoms with Crippen LogP contribution in [0, 0.1) is 29.3 Å². The zero-order chi connectivity index (χ0) is 26.2. The molecule has 0 atom stereocenters. The van der Waals surface area contributed by atoms with E-state index in [1.165, 1.54) is 68.2 Å². The first-order valence-electron chi connectivity index (χ1n) is 13.9. The predicted molar refractivity (Wildman–Crippen MR) is 148 cm³/mol. The van der Waals surface area contributed by atoms with E-state index in [1.54, 1.807) is 6.07 Å². The van der Waals surface area contributed by atoms with Crippen molar-refractivity contribution in [2.75, 3.05) is 0 Å². The molecule has 0 unspecified atom stereocenters. The monoisotopic (exact) mass is 526 g/mol. The van der Waals surface area contributed by atoms with Crippen LogP contribution >= 0.6 is 11.6 Å². The molecule has 0 bridgehead atoms. The van der Waals surface area contributed by atoms with Crippen molar-refractivity contribution in [3.05, 3.63) is 105 Å². The van der Waals surface area contributed by atoms with Crippen molar-refractivity contribution in [1.29, 1.82) is 0 Å². The first kappa shape index (κ1) is 27.8. The lowest BCUT2D eigenvalue weighted by Crippen LogP contribution is -2.16. The minimum atomic E-state index is -0.779. The lowest BCUT2D eigenvalue weighted by molar-refractivity contribution is 0.253. The van der Waals surface area contributed by atoms with Gasteiger partial charge in [0.05, 0.1) is 0 Å². The van der Waals surface area contributed by atoms with E-state index < -0.39 is 16.7 Å². The summed E-state index contributed by atoms with van der Waals surface area (Å²) in [5.41, 5.74) is 4.97. The second kappa shape index (κ2) is 13.5. The lowest BCUT2D eigenvalue weighted by Gasteiger charge is -2.28. The fraction of sp³-hybridized carbons (Fsp3) is 0.455. The molecular weight excluding hydrogens is 489 g/mol. The van der Waals surface area contributed by atoms with Gasteiger partial charge in [-0.15, -0.1) is 0 Å². The highest BCUT2D eigenvalue weighted by Gasteiger charge is 2.21. The Morgan fingerprint density at radius 1 is 0.595 bits per heavy atom. The molecule has 0 amide bonds. The summed E-state index contributed by atoms with van der Waals surface area (Å²) in [4.78, 5) is 0. The standard InChI is InChI=1S/C33H38ClF3/c1-2-3-23-4-6-24(7-5-23)8-9-25-10-12-26(13-11-25)14-15-27-16-18-29(30(35)20-27)19-17-28-21-31(36)33(34)32(37)22-28/h4-7,16,18,20-22,25-26H,2-3,8-15,17,19H2,1H3/t25-,26-. The van der Waals surface area contributed by atoms with Gasteiger partial charge in [0.25, 0.3) is 0 Å². The average Bonchev–Trinajstić information content (AvgIpc) is 2.90. The number of halogens is 4. The summed E-state index contributed by atoms with van der Waals surface area (Å²) in [6.45, 7) is 2.22. The number of aryl methyl sites for hydroxylation is 5. The Balaban J connectivity index is 1.18. The largest absolute Gasteiger partial charge is 0.207 e. The third kappa shape index (κ3) is 8.11. The molecule has 1 aliphatic rings.